The van der Waals surface area contributed by atoms with E-state index in [2.05, 4.69) is 19.1 Å². The maximum Gasteiger partial charge on any atom is 0.194 e. The number of rotatable bonds is 9. The summed E-state index contributed by atoms with van der Waals surface area (Å²) in [7, 11) is 0. The second kappa shape index (κ2) is 12.0. The standard InChI is InChI=1S/C27H39F3/c1-2-3-4-5-6-7-20-8-10-21(11-9-20)12-13-22-14-16-23(17-15-22)24-18-25(28)27(30)26(29)19-24/h2-3,18-23H,4-17H2,1H3/b3-2+/t20-,21-,22-,23-. The van der Waals surface area contributed by atoms with Crippen molar-refractivity contribution in [2.45, 2.75) is 103 Å². The monoisotopic (exact) mass is 420 g/mol. The largest absolute Gasteiger partial charge is 0.204 e. The molecule has 0 atom stereocenters. The first-order valence-electron chi connectivity index (χ1n) is 12.3. The number of benzene rings is 1. The summed E-state index contributed by atoms with van der Waals surface area (Å²) in [4.78, 5) is 0. The summed E-state index contributed by atoms with van der Waals surface area (Å²) in [5, 5.41) is 0. The van der Waals surface area contributed by atoms with Crippen LogP contribution in [0.1, 0.15) is 108 Å². The van der Waals surface area contributed by atoms with Crippen LogP contribution in [0.4, 0.5) is 13.2 Å². The fraction of sp³-hybridized carbons (Fsp3) is 0.704. The minimum atomic E-state index is -1.35. The predicted molar refractivity (Wildman–Crippen MR) is 119 cm³/mol. The first-order chi connectivity index (χ1) is 14.6. The molecule has 2 aliphatic rings. The van der Waals surface area contributed by atoms with Crippen molar-refractivity contribution in [1.82, 2.24) is 0 Å². The number of hydrogen-bond donors (Lipinski definition) is 0. The summed E-state index contributed by atoms with van der Waals surface area (Å²) in [6, 6.07) is 2.39. The van der Waals surface area contributed by atoms with Crippen LogP contribution in [0.2, 0.25) is 0 Å². The Labute approximate surface area is 181 Å². The van der Waals surface area contributed by atoms with E-state index in [0.29, 0.717) is 5.56 Å². The molecule has 1 aromatic rings. The third-order valence-electron chi connectivity index (χ3n) is 7.74. The van der Waals surface area contributed by atoms with Gasteiger partial charge in [-0.15, -0.1) is 0 Å². The van der Waals surface area contributed by atoms with Crippen molar-refractivity contribution in [1.29, 1.82) is 0 Å². The van der Waals surface area contributed by atoms with Gasteiger partial charge in [-0.1, -0.05) is 63.5 Å². The van der Waals surface area contributed by atoms with Gasteiger partial charge in [0.05, 0.1) is 0 Å². The van der Waals surface area contributed by atoms with E-state index < -0.39 is 17.5 Å². The van der Waals surface area contributed by atoms with Crippen LogP contribution >= 0.6 is 0 Å². The molecule has 168 valence electrons. The molecule has 2 aliphatic carbocycles. The molecule has 0 radical (unpaired) electrons. The van der Waals surface area contributed by atoms with E-state index in [1.165, 1.54) is 76.3 Å². The molecule has 1 aromatic carbocycles. The Morgan fingerprint density at radius 3 is 1.77 bits per heavy atom. The zero-order valence-electron chi connectivity index (χ0n) is 18.7. The Bertz CT molecular complexity index is 642. The first kappa shape index (κ1) is 23.4. The van der Waals surface area contributed by atoms with Crippen LogP contribution < -0.4 is 0 Å². The fourth-order valence-electron chi connectivity index (χ4n) is 5.74. The quantitative estimate of drug-likeness (QED) is 0.212. The highest BCUT2D eigenvalue weighted by molar-refractivity contribution is 5.23. The topological polar surface area (TPSA) is 0 Å². The van der Waals surface area contributed by atoms with Crippen LogP contribution in [0.3, 0.4) is 0 Å². The summed E-state index contributed by atoms with van der Waals surface area (Å²) in [6.07, 6.45) is 22.3. The van der Waals surface area contributed by atoms with Crippen molar-refractivity contribution in [3.8, 4) is 0 Å². The molecule has 0 saturated heterocycles. The molecule has 2 saturated carbocycles. The van der Waals surface area contributed by atoms with Gasteiger partial charge in [0.15, 0.2) is 17.5 Å². The zero-order chi connectivity index (χ0) is 21.3. The Morgan fingerprint density at radius 1 is 0.733 bits per heavy atom. The van der Waals surface area contributed by atoms with E-state index in [1.807, 2.05) is 0 Å². The molecule has 30 heavy (non-hydrogen) atoms. The van der Waals surface area contributed by atoms with Crippen LogP contribution in [0, 0.1) is 35.2 Å². The van der Waals surface area contributed by atoms with E-state index in [0.717, 1.165) is 43.4 Å². The summed E-state index contributed by atoms with van der Waals surface area (Å²) in [5.41, 5.74) is 0.633. The summed E-state index contributed by atoms with van der Waals surface area (Å²) >= 11 is 0. The third-order valence-corrected chi connectivity index (χ3v) is 7.74. The number of hydrogen-bond acceptors (Lipinski definition) is 0. The van der Waals surface area contributed by atoms with Gasteiger partial charge in [0.25, 0.3) is 0 Å². The summed E-state index contributed by atoms with van der Waals surface area (Å²) in [6.45, 7) is 2.10. The average molecular weight is 421 g/mol. The minimum Gasteiger partial charge on any atom is -0.204 e. The van der Waals surface area contributed by atoms with Gasteiger partial charge >= 0.3 is 0 Å². The molecule has 0 unspecified atom stereocenters. The van der Waals surface area contributed by atoms with Gasteiger partial charge in [0.1, 0.15) is 0 Å². The maximum atomic E-state index is 13.5. The van der Waals surface area contributed by atoms with Crippen molar-refractivity contribution in [3.05, 3.63) is 47.3 Å². The number of allylic oxidation sites excluding steroid dienone is 2. The molecular formula is C27H39F3. The second-order valence-corrected chi connectivity index (χ2v) is 9.83. The van der Waals surface area contributed by atoms with Crippen LogP contribution in [-0.2, 0) is 0 Å². The van der Waals surface area contributed by atoms with Crippen LogP contribution in [-0.4, -0.2) is 0 Å². The van der Waals surface area contributed by atoms with Gasteiger partial charge in [-0.05, 0) is 86.8 Å². The lowest BCUT2D eigenvalue weighted by Gasteiger charge is -2.32. The highest BCUT2D eigenvalue weighted by atomic mass is 19.2. The fourth-order valence-corrected chi connectivity index (χ4v) is 5.74. The lowest BCUT2D eigenvalue weighted by atomic mass is 9.74. The van der Waals surface area contributed by atoms with Gasteiger partial charge in [-0.3, -0.25) is 0 Å². The summed E-state index contributed by atoms with van der Waals surface area (Å²) < 4.78 is 40.2. The lowest BCUT2D eigenvalue weighted by molar-refractivity contribution is 0.222. The highest BCUT2D eigenvalue weighted by Crippen LogP contribution is 2.40. The van der Waals surface area contributed by atoms with E-state index in [-0.39, 0.29) is 5.92 Å². The molecule has 0 spiro atoms. The molecule has 0 N–H and O–H groups in total. The van der Waals surface area contributed by atoms with E-state index >= 15 is 0 Å². The lowest BCUT2D eigenvalue weighted by Crippen LogP contribution is -2.18. The van der Waals surface area contributed by atoms with Crippen LogP contribution in [0.5, 0.6) is 0 Å². The van der Waals surface area contributed by atoms with Crippen molar-refractivity contribution < 1.29 is 13.2 Å². The first-order valence-corrected chi connectivity index (χ1v) is 12.3. The Hall–Kier alpha value is -1.25. The molecule has 3 heteroatoms. The van der Waals surface area contributed by atoms with E-state index in [4.69, 9.17) is 0 Å². The normalized spacial score (nSPS) is 27.6. The Morgan fingerprint density at radius 2 is 1.23 bits per heavy atom. The second-order valence-electron chi connectivity index (χ2n) is 9.83. The molecule has 3 rings (SSSR count). The van der Waals surface area contributed by atoms with Gasteiger partial charge < -0.3 is 0 Å². The highest BCUT2D eigenvalue weighted by Gasteiger charge is 2.26. The van der Waals surface area contributed by atoms with Crippen molar-refractivity contribution >= 4 is 0 Å². The number of unbranched alkanes of at least 4 members (excludes halogenated alkanes) is 2. The summed E-state index contributed by atoms with van der Waals surface area (Å²) in [5.74, 6) is -0.673. The Kier molecular flexibility index (Phi) is 9.33. The van der Waals surface area contributed by atoms with Crippen molar-refractivity contribution in [2.24, 2.45) is 17.8 Å². The number of halogens is 3. The van der Waals surface area contributed by atoms with Crippen LogP contribution in [0.25, 0.3) is 0 Å². The van der Waals surface area contributed by atoms with Gasteiger partial charge in [0, 0.05) is 0 Å². The van der Waals surface area contributed by atoms with Gasteiger partial charge in [-0.2, -0.15) is 0 Å². The van der Waals surface area contributed by atoms with E-state index in [9.17, 15) is 13.2 Å². The predicted octanol–water partition coefficient (Wildman–Crippen LogP) is 9.10. The maximum absolute atomic E-state index is 13.5. The van der Waals surface area contributed by atoms with Gasteiger partial charge in [-0.25, -0.2) is 13.2 Å². The smallest absolute Gasteiger partial charge is 0.194 e. The molecule has 0 nitrogen and oxygen atoms in total. The SMILES string of the molecule is C/C=C/CCCC[C@H]1CC[C@H](CC[C@H]2CC[C@H](c3cc(F)c(F)c(F)c3)CC2)CC1. The van der Waals surface area contributed by atoms with Crippen molar-refractivity contribution in [3.63, 3.8) is 0 Å². The van der Waals surface area contributed by atoms with E-state index in [1.54, 1.807) is 0 Å². The molecule has 0 aliphatic heterocycles. The average Bonchev–Trinajstić information content (AvgIpc) is 2.77. The molecule has 0 aromatic heterocycles. The molecule has 0 heterocycles. The van der Waals surface area contributed by atoms with Crippen LogP contribution in [0.15, 0.2) is 24.3 Å². The molecule has 0 bridgehead atoms. The minimum absolute atomic E-state index is 0.175. The van der Waals surface area contributed by atoms with Crippen molar-refractivity contribution in [2.75, 3.05) is 0 Å². The van der Waals surface area contributed by atoms with Gasteiger partial charge in [0.2, 0.25) is 0 Å². The molecular weight excluding hydrogens is 381 g/mol. The Balaban J connectivity index is 1.31. The molecule has 2 fully saturated rings. The zero-order valence-corrected chi connectivity index (χ0v) is 18.7. The molecule has 0 amide bonds. The third kappa shape index (κ3) is 6.89.